The monoisotopic (exact) mass is 309 g/mol. The van der Waals surface area contributed by atoms with Crippen LogP contribution >= 0.6 is 0 Å². The molecule has 1 aromatic carbocycles. The van der Waals surface area contributed by atoms with Crippen LogP contribution in [0.5, 0.6) is 0 Å². The Morgan fingerprint density at radius 3 is 2.61 bits per heavy atom. The molecule has 1 atom stereocenters. The Morgan fingerprint density at radius 2 is 1.87 bits per heavy atom. The average molecular weight is 309 g/mol. The van der Waals surface area contributed by atoms with Gasteiger partial charge in [-0.1, -0.05) is 29.8 Å². The number of likely N-dealkylation sites (tertiary alicyclic amines) is 1. The molecule has 3 heterocycles. The normalized spacial score (nSPS) is 23.1. The summed E-state index contributed by atoms with van der Waals surface area (Å²) in [5, 5.41) is 0. The zero-order valence-electron chi connectivity index (χ0n) is 13.6. The molecule has 0 amide bonds. The molecule has 0 unspecified atom stereocenters. The van der Waals surface area contributed by atoms with E-state index in [9.17, 15) is 0 Å². The maximum absolute atomic E-state index is 6.05. The van der Waals surface area contributed by atoms with E-state index in [1.165, 1.54) is 16.7 Å². The van der Waals surface area contributed by atoms with Crippen LogP contribution in [0.25, 0.3) is 0 Å². The SMILES string of the molecule is Cc1ccc(CN2CC3(CO[C@@H](Cc4cncnc4)C3)C2)cc1. The Labute approximate surface area is 137 Å². The van der Waals surface area contributed by atoms with Gasteiger partial charge in [0.15, 0.2) is 0 Å². The second-order valence-corrected chi connectivity index (χ2v) is 7.22. The van der Waals surface area contributed by atoms with E-state index in [1.54, 1.807) is 6.33 Å². The van der Waals surface area contributed by atoms with Gasteiger partial charge in [0.2, 0.25) is 0 Å². The maximum Gasteiger partial charge on any atom is 0.115 e. The number of hydrogen-bond acceptors (Lipinski definition) is 4. The summed E-state index contributed by atoms with van der Waals surface area (Å²) in [6.45, 7) is 6.40. The van der Waals surface area contributed by atoms with Crippen molar-refractivity contribution in [2.75, 3.05) is 19.7 Å². The third kappa shape index (κ3) is 3.28. The lowest BCUT2D eigenvalue weighted by Crippen LogP contribution is -2.56. The number of rotatable bonds is 4. The van der Waals surface area contributed by atoms with Crippen LogP contribution in [-0.2, 0) is 17.7 Å². The number of ether oxygens (including phenoxy) is 1. The van der Waals surface area contributed by atoms with Gasteiger partial charge in [0, 0.05) is 43.9 Å². The van der Waals surface area contributed by atoms with E-state index in [4.69, 9.17) is 4.74 Å². The molecule has 0 saturated carbocycles. The smallest absolute Gasteiger partial charge is 0.115 e. The summed E-state index contributed by atoms with van der Waals surface area (Å²) in [6, 6.07) is 8.87. The summed E-state index contributed by atoms with van der Waals surface area (Å²) in [5.41, 5.74) is 4.28. The van der Waals surface area contributed by atoms with Crippen LogP contribution < -0.4 is 0 Å². The van der Waals surface area contributed by atoms with Crippen molar-refractivity contribution in [3.63, 3.8) is 0 Å². The fraction of sp³-hybridized carbons (Fsp3) is 0.474. The Bertz CT molecular complexity index is 650. The molecule has 120 valence electrons. The molecule has 4 nitrogen and oxygen atoms in total. The van der Waals surface area contributed by atoms with Gasteiger partial charge in [0.1, 0.15) is 6.33 Å². The number of aryl methyl sites for hydroxylation is 1. The molecule has 2 aromatic rings. The van der Waals surface area contributed by atoms with Gasteiger partial charge in [0.25, 0.3) is 0 Å². The van der Waals surface area contributed by atoms with Crippen molar-refractivity contribution in [3.05, 3.63) is 59.7 Å². The lowest BCUT2D eigenvalue weighted by molar-refractivity contribution is -0.0140. The molecule has 0 bridgehead atoms. The maximum atomic E-state index is 6.05. The zero-order valence-corrected chi connectivity index (χ0v) is 13.6. The van der Waals surface area contributed by atoms with E-state index >= 15 is 0 Å². The Kier molecular flexibility index (Phi) is 3.87. The molecule has 2 aliphatic rings. The number of benzene rings is 1. The lowest BCUT2D eigenvalue weighted by Gasteiger charge is -2.47. The third-order valence-corrected chi connectivity index (χ3v) is 5.01. The van der Waals surface area contributed by atoms with E-state index in [-0.39, 0.29) is 0 Å². The zero-order chi connectivity index (χ0) is 15.7. The second kappa shape index (κ2) is 6.02. The summed E-state index contributed by atoms with van der Waals surface area (Å²) < 4.78 is 6.05. The topological polar surface area (TPSA) is 38.2 Å². The van der Waals surface area contributed by atoms with E-state index in [0.29, 0.717) is 11.5 Å². The molecule has 2 aliphatic heterocycles. The van der Waals surface area contributed by atoms with E-state index in [2.05, 4.69) is 46.1 Å². The van der Waals surface area contributed by atoms with Crippen LogP contribution in [0.15, 0.2) is 43.0 Å². The van der Waals surface area contributed by atoms with Crippen LogP contribution in [0.2, 0.25) is 0 Å². The minimum absolute atomic E-state index is 0.322. The van der Waals surface area contributed by atoms with Gasteiger partial charge in [-0.2, -0.15) is 0 Å². The fourth-order valence-corrected chi connectivity index (χ4v) is 3.91. The summed E-state index contributed by atoms with van der Waals surface area (Å²) in [6.07, 6.45) is 7.78. The quantitative estimate of drug-likeness (QED) is 0.870. The van der Waals surface area contributed by atoms with Gasteiger partial charge < -0.3 is 4.74 Å². The predicted molar refractivity (Wildman–Crippen MR) is 89.0 cm³/mol. The van der Waals surface area contributed by atoms with Crippen molar-refractivity contribution in [1.82, 2.24) is 14.9 Å². The van der Waals surface area contributed by atoms with Gasteiger partial charge >= 0.3 is 0 Å². The number of nitrogens with zero attached hydrogens (tertiary/aromatic N) is 3. The fourth-order valence-electron chi connectivity index (χ4n) is 3.91. The van der Waals surface area contributed by atoms with Crippen LogP contribution in [0.1, 0.15) is 23.1 Å². The highest BCUT2D eigenvalue weighted by Gasteiger charge is 2.48. The molecule has 0 radical (unpaired) electrons. The van der Waals surface area contributed by atoms with Gasteiger partial charge in [-0.05, 0) is 24.5 Å². The molecular formula is C19H23N3O. The first kappa shape index (κ1) is 14.8. The molecule has 0 N–H and O–H groups in total. The third-order valence-electron chi connectivity index (χ3n) is 5.01. The summed E-state index contributed by atoms with van der Waals surface area (Å²) in [4.78, 5) is 10.7. The van der Waals surface area contributed by atoms with Crippen LogP contribution in [0.4, 0.5) is 0 Å². The Hall–Kier alpha value is -1.78. The molecule has 23 heavy (non-hydrogen) atoms. The summed E-state index contributed by atoms with van der Waals surface area (Å²) >= 11 is 0. The largest absolute Gasteiger partial charge is 0.377 e. The highest BCUT2D eigenvalue weighted by atomic mass is 16.5. The average Bonchev–Trinajstić information content (AvgIpc) is 2.94. The highest BCUT2D eigenvalue weighted by molar-refractivity contribution is 5.21. The van der Waals surface area contributed by atoms with Crippen LogP contribution in [0, 0.1) is 12.3 Å². The minimum atomic E-state index is 0.322. The van der Waals surface area contributed by atoms with E-state index < -0.39 is 0 Å². The standard InChI is InChI=1S/C19H23N3O/c1-15-2-4-16(5-3-15)10-22-11-19(12-22)7-18(23-13-19)6-17-8-20-14-21-9-17/h2-5,8-9,14,18H,6-7,10-13H2,1H3/t18-/m0/s1. The Morgan fingerprint density at radius 1 is 1.13 bits per heavy atom. The minimum Gasteiger partial charge on any atom is -0.377 e. The second-order valence-electron chi connectivity index (χ2n) is 7.22. The first-order valence-electron chi connectivity index (χ1n) is 8.34. The van der Waals surface area contributed by atoms with Crippen molar-refractivity contribution in [1.29, 1.82) is 0 Å². The van der Waals surface area contributed by atoms with Crippen molar-refractivity contribution in [2.24, 2.45) is 5.41 Å². The van der Waals surface area contributed by atoms with Gasteiger partial charge in [-0.3, -0.25) is 4.90 Å². The molecule has 2 fully saturated rings. The highest BCUT2D eigenvalue weighted by Crippen LogP contribution is 2.42. The first-order chi connectivity index (χ1) is 11.2. The van der Waals surface area contributed by atoms with Gasteiger partial charge in [0.05, 0.1) is 12.7 Å². The van der Waals surface area contributed by atoms with Crippen molar-refractivity contribution in [3.8, 4) is 0 Å². The van der Waals surface area contributed by atoms with Gasteiger partial charge in [-0.25, -0.2) is 9.97 Å². The van der Waals surface area contributed by atoms with Crippen LogP contribution in [0.3, 0.4) is 0 Å². The summed E-state index contributed by atoms with van der Waals surface area (Å²) in [7, 11) is 0. The molecule has 1 aromatic heterocycles. The van der Waals surface area contributed by atoms with Crippen molar-refractivity contribution < 1.29 is 4.74 Å². The predicted octanol–water partition coefficient (Wildman–Crippen LogP) is 2.62. The summed E-state index contributed by atoms with van der Waals surface area (Å²) in [5.74, 6) is 0. The Balaban J connectivity index is 1.28. The van der Waals surface area contributed by atoms with E-state index in [0.717, 1.165) is 39.1 Å². The molecular weight excluding hydrogens is 286 g/mol. The molecule has 2 saturated heterocycles. The number of aromatic nitrogens is 2. The molecule has 4 rings (SSSR count). The number of hydrogen-bond donors (Lipinski definition) is 0. The van der Waals surface area contributed by atoms with E-state index in [1.807, 2.05) is 12.4 Å². The first-order valence-corrected chi connectivity index (χ1v) is 8.34. The molecule has 0 aliphatic carbocycles. The lowest BCUT2D eigenvalue weighted by atomic mass is 9.77. The van der Waals surface area contributed by atoms with Crippen LogP contribution in [-0.4, -0.2) is 40.7 Å². The van der Waals surface area contributed by atoms with Crippen molar-refractivity contribution >= 4 is 0 Å². The van der Waals surface area contributed by atoms with Gasteiger partial charge in [-0.15, -0.1) is 0 Å². The molecule has 4 heteroatoms. The molecule has 1 spiro atoms. The van der Waals surface area contributed by atoms with Crippen molar-refractivity contribution in [2.45, 2.75) is 32.4 Å².